The van der Waals surface area contributed by atoms with Crippen LogP contribution < -0.4 is 10.6 Å². The summed E-state index contributed by atoms with van der Waals surface area (Å²) in [7, 11) is 1.73. The highest BCUT2D eigenvalue weighted by Gasteiger charge is 2.26. The van der Waals surface area contributed by atoms with Gasteiger partial charge in [0, 0.05) is 49.4 Å². The maximum atomic E-state index is 13.5. The first kappa shape index (κ1) is 21.3. The first-order valence-electron chi connectivity index (χ1n) is 11.1. The number of anilines is 1. The second-order valence-corrected chi connectivity index (χ2v) is 8.48. The smallest absolute Gasteiger partial charge is 0.152 e. The highest BCUT2D eigenvalue weighted by atomic mass is 19.1. The minimum atomic E-state index is -0.264. The highest BCUT2D eigenvalue weighted by molar-refractivity contribution is 5.95. The lowest BCUT2D eigenvalue weighted by atomic mass is 10.1. The molecule has 0 atom stereocenters. The summed E-state index contributed by atoms with van der Waals surface area (Å²) in [5.74, 6) is 2.43. The quantitative estimate of drug-likeness (QED) is 0.428. The molecule has 0 amide bonds. The number of rotatable bonds is 7. The highest BCUT2D eigenvalue weighted by Crippen LogP contribution is 2.35. The molecule has 0 bridgehead atoms. The molecule has 1 fully saturated rings. The molecule has 1 aliphatic carbocycles. The molecular formula is C24H27FN8. The molecule has 9 heteroatoms. The second-order valence-electron chi connectivity index (χ2n) is 8.48. The van der Waals surface area contributed by atoms with Gasteiger partial charge < -0.3 is 10.6 Å². The molecule has 1 aliphatic heterocycles. The van der Waals surface area contributed by atoms with Crippen molar-refractivity contribution in [1.82, 2.24) is 24.9 Å². The first-order chi connectivity index (χ1) is 16.1. The molecule has 170 valence electrons. The summed E-state index contributed by atoms with van der Waals surface area (Å²) in [5.41, 5.74) is 4.94. The van der Waals surface area contributed by atoms with E-state index in [4.69, 9.17) is 5.10 Å². The Morgan fingerprint density at radius 2 is 2.09 bits per heavy atom. The number of aliphatic imine (C=N–C) groups is 2. The van der Waals surface area contributed by atoms with Crippen molar-refractivity contribution in [3.8, 4) is 11.3 Å². The minimum Gasteiger partial charge on any atom is -0.325 e. The van der Waals surface area contributed by atoms with Crippen molar-refractivity contribution in [2.45, 2.75) is 39.4 Å². The Balaban J connectivity index is 1.49. The lowest BCUT2D eigenvalue weighted by Crippen LogP contribution is -2.18. The van der Waals surface area contributed by atoms with Crippen molar-refractivity contribution in [2.75, 3.05) is 12.4 Å². The lowest BCUT2D eigenvalue weighted by molar-refractivity contribution is 0.570. The van der Waals surface area contributed by atoms with Crippen LogP contribution in [0.3, 0.4) is 0 Å². The largest absolute Gasteiger partial charge is 0.325 e. The number of aromatic nitrogens is 4. The fraction of sp³-hybridized carbons (Fsp3) is 0.333. The van der Waals surface area contributed by atoms with Gasteiger partial charge in [0.2, 0.25) is 0 Å². The van der Waals surface area contributed by atoms with E-state index in [0.29, 0.717) is 17.6 Å². The molecule has 2 N–H and O–H groups in total. The Morgan fingerprint density at radius 1 is 1.30 bits per heavy atom. The van der Waals surface area contributed by atoms with Crippen LogP contribution in [0.1, 0.15) is 29.7 Å². The van der Waals surface area contributed by atoms with Crippen molar-refractivity contribution >= 4 is 18.4 Å². The molecule has 0 saturated heterocycles. The summed E-state index contributed by atoms with van der Waals surface area (Å²) in [6.07, 6.45) is 6.12. The van der Waals surface area contributed by atoms with Crippen LogP contribution in [-0.4, -0.2) is 39.2 Å². The molecule has 2 aromatic heterocycles. The first-order valence-corrected chi connectivity index (χ1v) is 11.1. The van der Waals surface area contributed by atoms with Crippen LogP contribution >= 0.6 is 0 Å². The van der Waals surface area contributed by atoms with Gasteiger partial charge in [-0.25, -0.2) is 18.7 Å². The standard InChI is InChI=1S/C24H27FN8/c1-15-23(17-6-8-19(25)9-7-17)31-32(14-16-4-5-16)24(15)30-21(26-2)10-22(27-3)33-20-13-28-11-18(20)12-29-33/h6-10,12,16,28,30H,2,4-5,11,13-14H2,1,3H3/b21-10+,27-22+. The Bertz CT molecular complexity index is 1240. The van der Waals surface area contributed by atoms with Crippen molar-refractivity contribution in [3.05, 3.63) is 65.0 Å². The Kier molecular flexibility index (Phi) is 5.63. The van der Waals surface area contributed by atoms with Crippen LogP contribution in [0.4, 0.5) is 10.2 Å². The van der Waals surface area contributed by atoms with Gasteiger partial charge in [-0.15, -0.1) is 0 Å². The molecule has 3 heterocycles. The van der Waals surface area contributed by atoms with E-state index in [2.05, 4.69) is 32.4 Å². The summed E-state index contributed by atoms with van der Waals surface area (Å²) < 4.78 is 17.3. The number of hydrogen-bond acceptors (Lipinski definition) is 6. The van der Waals surface area contributed by atoms with Gasteiger partial charge in [0.25, 0.3) is 0 Å². The van der Waals surface area contributed by atoms with Crippen LogP contribution in [0.5, 0.6) is 0 Å². The number of nitrogens with zero attached hydrogens (tertiary/aromatic N) is 6. The van der Waals surface area contributed by atoms with Crippen LogP contribution in [0.15, 0.2) is 52.3 Å². The van der Waals surface area contributed by atoms with Crippen LogP contribution in [0, 0.1) is 18.7 Å². The Hall–Kier alpha value is -3.59. The van der Waals surface area contributed by atoms with E-state index in [0.717, 1.165) is 48.0 Å². The zero-order valence-electron chi connectivity index (χ0n) is 18.8. The van der Waals surface area contributed by atoms with Crippen molar-refractivity contribution < 1.29 is 4.39 Å². The molecule has 0 radical (unpaired) electrons. The van der Waals surface area contributed by atoms with Gasteiger partial charge in [-0.1, -0.05) is 0 Å². The van der Waals surface area contributed by atoms with E-state index in [9.17, 15) is 4.39 Å². The zero-order valence-corrected chi connectivity index (χ0v) is 18.8. The van der Waals surface area contributed by atoms with E-state index in [1.54, 1.807) is 19.2 Å². The van der Waals surface area contributed by atoms with Gasteiger partial charge in [-0.2, -0.15) is 10.2 Å². The average Bonchev–Trinajstić information content (AvgIpc) is 3.23. The fourth-order valence-electron chi connectivity index (χ4n) is 4.11. The van der Waals surface area contributed by atoms with Crippen molar-refractivity contribution in [2.24, 2.45) is 15.9 Å². The van der Waals surface area contributed by atoms with Gasteiger partial charge in [0.05, 0.1) is 17.6 Å². The third-order valence-electron chi connectivity index (χ3n) is 6.13. The molecule has 3 aromatic rings. The predicted molar refractivity (Wildman–Crippen MR) is 128 cm³/mol. The fourth-order valence-corrected chi connectivity index (χ4v) is 4.11. The van der Waals surface area contributed by atoms with E-state index in [-0.39, 0.29) is 5.82 Å². The normalized spacial score (nSPS) is 16.2. The summed E-state index contributed by atoms with van der Waals surface area (Å²) in [6.45, 7) is 8.15. The Labute approximate surface area is 191 Å². The molecule has 0 unspecified atom stereocenters. The van der Waals surface area contributed by atoms with Crippen LogP contribution in [-0.2, 0) is 19.6 Å². The molecule has 33 heavy (non-hydrogen) atoms. The van der Waals surface area contributed by atoms with Gasteiger partial charge in [0.1, 0.15) is 17.5 Å². The summed E-state index contributed by atoms with van der Waals surface area (Å²) >= 11 is 0. The SMILES string of the molecule is C=N/C(=C\C(=N/C)n1ncc2c1CNC2)Nc1c(C)c(-c2ccc(F)cc2)nn1CC1CC1. The number of halogens is 1. The summed E-state index contributed by atoms with van der Waals surface area (Å²) in [6, 6.07) is 6.43. The number of hydrogen-bond donors (Lipinski definition) is 2. The number of fused-ring (bicyclic) bond motifs is 1. The van der Waals surface area contributed by atoms with Crippen molar-refractivity contribution in [3.63, 3.8) is 0 Å². The van der Waals surface area contributed by atoms with Crippen LogP contribution in [0.2, 0.25) is 0 Å². The van der Waals surface area contributed by atoms with Gasteiger partial charge in [-0.05, 0) is 56.7 Å². The molecule has 8 nitrogen and oxygen atoms in total. The van der Waals surface area contributed by atoms with E-state index in [1.165, 1.54) is 30.5 Å². The monoisotopic (exact) mass is 446 g/mol. The third-order valence-corrected chi connectivity index (χ3v) is 6.13. The van der Waals surface area contributed by atoms with Gasteiger partial charge in [-0.3, -0.25) is 4.99 Å². The minimum absolute atomic E-state index is 0.264. The maximum Gasteiger partial charge on any atom is 0.152 e. The molecule has 1 saturated carbocycles. The maximum absolute atomic E-state index is 13.5. The molecule has 0 spiro atoms. The lowest BCUT2D eigenvalue weighted by Gasteiger charge is -2.12. The van der Waals surface area contributed by atoms with E-state index >= 15 is 0 Å². The predicted octanol–water partition coefficient (Wildman–Crippen LogP) is 3.74. The number of allylic oxidation sites excluding steroid dienone is 1. The Morgan fingerprint density at radius 3 is 2.79 bits per heavy atom. The second kappa shape index (κ2) is 8.74. The van der Waals surface area contributed by atoms with Gasteiger partial charge in [0.15, 0.2) is 5.84 Å². The molecule has 1 aromatic carbocycles. The van der Waals surface area contributed by atoms with E-state index in [1.807, 2.05) is 28.6 Å². The van der Waals surface area contributed by atoms with Crippen LogP contribution in [0.25, 0.3) is 11.3 Å². The molecule has 5 rings (SSSR count). The van der Waals surface area contributed by atoms with E-state index < -0.39 is 0 Å². The number of benzene rings is 1. The topological polar surface area (TPSA) is 84.4 Å². The summed E-state index contributed by atoms with van der Waals surface area (Å²) in [4.78, 5) is 8.65. The summed E-state index contributed by atoms with van der Waals surface area (Å²) in [5, 5.41) is 16.1. The van der Waals surface area contributed by atoms with Crippen molar-refractivity contribution in [1.29, 1.82) is 0 Å². The average molecular weight is 447 g/mol. The molecule has 2 aliphatic rings. The third kappa shape index (κ3) is 4.23. The zero-order chi connectivity index (χ0) is 22.9. The molecular weight excluding hydrogens is 419 g/mol. The number of nitrogens with one attached hydrogen (secondary N) is 2. The van der Waals surface area contributed by atoms with Gasteiger partial charge >= 0.3 is 0 Å².